The molecule has 0 radical (unpaired) electrons. The van der Waals surface area contributed by atoms with Crippen molar-refractivity contribution < 1.29 is 9.50 Å². The summed E-state index contributed by atoms with van der Waals surface area (Å²) in [5.74, 6) is -0.399. The number of benzene rings is 1. The largest absolute Gasteiger partial charge is 0.508 e. The Labute approximate surface area is 72.0 Å². The summed E-state index contributed by atoms with van der Waals surface area (Å²) < 4.78 is 13.0. The lowest BCUT2D eigenvalue weighted by molar-refractivity contribution is 0.465. The molecule has 0 aromatic heterocycles. The van der Waals surface area contributed by atoms with Crippen molar-refractivity contribution in [3.8, 4) is 5.75 Å². The highest BCUT2D eigenvalue weighted by molar-refractivity contribution is 9.10. The Balaban J connectivity index is 3.21. The van der Waals surface area contributed by atoms with Crippen LogP contribution in [0.15, 0.2) is 16.6 Å². The zero-order chi connectivity index (χ0) is 8.43. The third-order valence-corrected chi connectivity index (χ3v) is 1.95. The third-order valence-electron chi connectivity index (χ3n) is 1.34. The van der Waals surface area contributed by atoms with Crippen molar-refractivity contribution in [1.29, 1.82) is 0 Å². The van der Waals surface area contributed by atoms with Gasteiger partial charge in [-0.1, -0.05) is 0 Å². The average Bonchev–Trinajstić information content (AvgIpc) is 1.97. The molecule has 0 aliphatic carbocycles. The minimum Gasteiger partial charge on any atom is -0.508 e. The number of phenolic OH excluding ortho intramolecular Hbond substituents is 1. The molecule has 0 saturated carbocycles. The van der Waals surface area contributed by atoms with Crippen molar-refractivity contribution >= 4 is 15.9 Å². The van der Waals surface area contributed by atoms with E-state index in [4.69, 9.17) is 10.8 Å². The quantitative estimate of drug-likeness (QED) is 0.757. The molecule has 3 N–H and O–H groups in total. The summed E-state index contributed by atoms with van der Waals surface area (Å²) in [4.78, 5) is 0. The SMILES string of the molecule is NCc1cc(F)c(Br)cc1O. The third kappa shape index (κ3) is 1.70. The number of hydrogen-bond acceptors (Lipinski definition) is 2. The molecule has 11 heavy (non-hydrogen) atoms. The van der Waals surface area contributed by atoms with Crippen LogP contribution in [-0.2, 0) is 6.54 Å². The second kappa shape index (κ2) is 3.19. The van der Waals surface area contributed by atoms with E-state index >= 15 is 0 Å². The lowest BCUT2D eigenvalue weighted by Gasteiger charge is -2.02. The maximum absolute atomic E-state index is 12.7. The minimum absolute atomic E-state index is 0.0146. The second-order valence-corrected chi connectivity index (χ2v) is 2.95. The van der Waals surface area contributed by atoms with Crippen LogP contribution in [0.25, 0.3) is 0 Å². The molecule has 0 amide bonds. The molecule has 0 heterocycles. The molecule has 1 rings (SSSR count). The summed E-state index contributed by atoms with van der Waals surface area (Å²) in [5, 5.41) is 9.14. The summed E-state index contributed by atoms with van der Waals surface area (Å²) >= 11 is 2.93. The molecule has 0 atom stereocenters. The van der Waals surface area contributed by atoms with Gasteiger partial charge < -0.3 is 10.8 Å². The van der Waals surface area contributed by atoms with Crippen LogP contribution in [0.5, 0.6) is 5.75 Å². The van der Waals surface area contributed by atoms with Gasteiger partial charge in [-0.15, -0.1) is 0 Å². The predicted molar refractivity (Wildman–Crippen MR) is 43.7 cm³/mol. The average molecular weight is 220 g/mol. The molecule has 0 bridgehead atoms. The van der Waals surface area contributed by atoms with E-state index in [0.717, 1.165) is 0 Å². The predicted octanol–water partition coefficient (Wildman–Crippen LogP) is 1.75. The van der Waals surface area contributed by atoms with Crippen LogP contribution in [0.4, 0.5) is 4.39 Å². The fraction of sp³-hybridized carbons (Fsp3) is 0.143. The molecule has 0 aliphatic heterocycles. The fourth-order valence-electron chi connectivity index (χ4n) is 0.741. The van der Waals surface area contributed by atoms with Gasteiger partial charge in [0.1, 0.15) is 11.6 Å². The number of hydrogen-bond donors (Lipinski definition) is 2. The van der Waals surface area contributed by atoms with Crippen molar-refractivity contribution in [2.75, 3.05) is 0 Å². The van der Waals surface area contributed by atoms with Crippen LogP contribution >= 0.6 is 15.9 Å². The second-order valence-electron chi connectivity index (χ2n) is 2.10. The van der Waals surface area contributed by atoms with Crippen LogP contribution < -0.4 is 5.73 Å². The summed E-state index contributed by atoms with van der Waals surface area (Å²) in [6.45, 7) is 0.135. The van der Waals surface area contributed by atoms with E-state index in [1.165, 1.54) is 12.1 Å². The molecule has 60 valence electrons. The van der Waals surface area contributed by atoms with E-state index in [-0.39, 0.29) is 16.8 Å². The van der Waals surface area contributed by atoms with E-state index in [0.29, 0.717) is 5.56 Å². The van der Waals surface area contributed by atoms with Crippen molar-refractivity contribution in [3.05, 3.63) is 28.0 Å². The summed E-state index contributed by atoms with van der Waals surface area (Å²) in [7, 11) is 0. The van der Waals surface area contributed by atoms with Crippen LogP contribution in [0.1, 0.15) is 5.56 Å². The number of nitrogens with two attached hydrogens (primary N) is 1. The van der Waals surface area contributed by atoms with Crippen molar-refractivity contribution in [1.82, 2.24) is 0 Å². The maximum atomic E-state index is 12.7. The lowest BCUT2D eigenvalue weighted by atomic mass is 10.2. The Morgan fingerprint density at radius 2 is 2.18 bits per heavy atom. The van der Waals surface area contributed by atoms with Gasteiger partial charge in [0.15, 0.2) is 0 Å². The van der Waals surface area contributed by atoms with Gasteiger partial charge in [0.25, 0.3) is 0 Å². The smallest absolute Gasteiger partial charge is 0.137 e. The molecule has 1 aromatic carbocycles. The Kier molecular flexibility index (Phi) is 2.46. The monoisotopic (exact) mass is 219 g/mol. The first-order valence-electron chi connectivity index (χ1n) is 3.02. The van der Waals surface area contributed by atoms with Crippen LogP contribution in [-0.4, -0.2) is 5.11 Å². The number of halogens is 2. The molecule has 4 heteroatoms. The highest BCUT2D eigenvalue weighted by Crippen LogP contribution is 2.24. The van der Waals surface area contributed by atoms with E-state index < -0.39 is 5.82 Å². The Bertz CT molecular complexity index is 277. The molecule has 1 aromatic rings. The first-order chi connectivity index (χ1) is 5.15. The van der Waals surface area contributed by atoms with Gasteiger partial charge in [0.2, 0.25) is 0 Å². The van der Waals surface area contributed by atoms with Crippen LogP contribution in [0.2, 0.25) is 0 Å². The Morgan fingerprint density at radius 1 is 1.55 bits per heavy atom. The molecule has 0 fully saturated rings. The standard InChI is InChI=1S/C7H7BrFNO/c8-5-2-7(11)4(3-10)1-6(5)9/h1-2,11H,3,10H2. The Hall–Kier alpha value is -0.610. The van der Waals surface area contributed by atoms with Crippen LogP contribution in [0, 0.1) is 5.82 Å². The molecule has 0 saturated heterocycles. The van der Waals surface area contributed by atoms with Gasteiger partial charge in [0.05, 0.1) is 4.47 Å². The zero-order valence-electron chi connectivity index (χ0n) is 5.64. The van der Waals surface area contributed by atoms with Crippen molar-refractivity contribution in [2.45, 2.75) is 6.54 Å². The molecular formula is C7H7BrFNO. The number of aromatic hydroxyl groups is 1. The first-order valence-corrected chi connectivity index (χ1v) is 3.81. The number of phenols is 1. The van der Waals surface area contributed by atoms with Crippen molar-refractivity contribution in [2.24, 2.45) is 5.73 Å². The fourth-order valence-corrected chi connectivity index (χ4v) is 1.07. The van der Waals surface area contributed by atoms with Gasteiger partial charge in [-0.05, 0) is 28.1 Å². The van der Waals surface area contributed by atoms with Gasteiger partial charge in [-0.2, -0.15) is 0 Å². The minimum atomic E-state index is -0.414. The van der Waals surface area contributed by atoms with Gasteiger partial charge >= 0.3 is 0 Å². The summed E-state index contributed by atoms with van der Waals surface area (Å²) in [5.41, 5.74) is 5.64. The molecule has 0 spiro atoms. The highest BCUT2D eigenvalue weighted by Gasteiger charge is 2.04. The molecular weight excluding hydrogens is 213 g/mol. The molecule has 0 unspecified atom stereocenters. The highest BCUT2D eigenvalue weighted by atomic mass is 79.9. The van der Waals surface area contributed by atoms with E-state index in [9.17, 15) is 4.39 Å². The van der Waals surface area contributed by atoms with Gasteiger partial charge in [0, 0.05) is 12.1 Å². The molecule has 2 nitrogen and oxygen atoms in total. The summed E-state index contributed by atoms with van der Waals surface area (Å²) in [6, 6.07) is 2.50. The zero-order valence-corrected chi connectivity index (χ0v) is 7.23. The topological polar surface area (TPSA) is 46.2 Å². The summed E-state index contributed by atoms with van der Waals surface area (Å²) in [6.07, 6.45) is 0. The lowest BCUT2D eigenvalue weighted by Crippen LogP contribution is -1.97. The molecule has 0 aliphatic rings. The normalized spacial score (nSPS) is 10.1. The van der Waals surface area contributed by atoms with E-state index in [2.05, 4.69) is 15.9 Å². The Morgan fingerprint density at radius 3 is 2.73 bits per heavy atom. The van der Waals surface area contributed by atoms with Crippen LogP contribution in [0.3, 0.4) is 0 Å². The van der Waals surface area contributed by atoms with E-state index in [1.807, 2.05) is 0 Å². The number of rotatable bonds is 1. The van der Waals surface area contributed by atoms with E-state index in [1.54, 1.807) is 0 Å². The van der Waals surface area contributed by atoms with Gasteiger partial charge in [-0.3, -0.25) is 0 Å². The first kappa shape index (κ1) is 8.49. The maximum Gasteiger partial charge on any atom is 0.137 e. The van der Waals surface area contributed by atoms with Gasteiger partial charge in [-0.25, -0.2) is 4.39 Å². The van der Waals surface area contributed by atoms with Crippen molar-refractivity contribution in [3.63, 3.8) is 0 Å².